The summed E-state index contributed by atoms with van der Waals surface area (Å²) in [5.41, 5.74) is 3.41. The second kappa shape index (κ2) is 8.15. The SMILES string of the molecule is COc1ccc(CCNC(=S)Nc2ccc(Br)c(C)c2)cc1. The fraction of sp³-hybridized carbons (Fsp3) is 0.235. The quantitative estimate of drug-likeness (QED) is 0.760. The number of aryl methyl sites for hydroxylation is 1. The van der Waals surface area contributed by atoms with Crippen LogP contribution in [0.1, 0.15) is 11.1 Å². The number of benzene rings is 2. The number of anilines is 1. The van der Waals surface area contributed by atoms with Gasteiger partial charge in [-0.1, -0.05) is 28.1 Å². The zero-order chi connectivity index (χ0) is 15.9. The Balaban J connectivity index is 1.78. The molecular formula is C17H19BrN2OS. The molecule has 2 aromatic rings. The van der Waals surface area contributed by atoms with Crippen molar-refractivity contribution in [2.24, 2.45) is 0 Å². The van der Waals surface area contributed by atoms with E-state index in [1.165, 1.54) is 11.1 Å². The Hall–Kier alpha value is -1.59. The highest BCUT2D eigenvalue weighted by Gasteiger charge is 2.01. The first-order chi connectivity index (χ1) is 10.6. The standard InChI is InChI=1S/C17H19BrN2OS/c1-12-11-14(5-8-16(12)18)20-17(22)19-10-9-13-3-6-15(21-2)7-4-13/h3-8,11H,9-10H2,1-2H3,(H2,19,20,22). The minimum Gasteiger partial charge on any atom is -0.497 e. The smallest absolute Gasteiger partial charge is 0.170 e. The van der Waals surface area contributed by atoms with Gasteiger partial charge in [-0.3, -0.25) is 0 Å². The maximum Gasteiger partial charge on any atom is 0.170 e. The summed E-state index contributed by atoms with van der Waals surface area (Å²) in [6.45, 7) is 2.84. The van der Waals surface area contributed by atoms with Crippen LogP contribution in [0.5, 0.6) is 5.75 Å². The van der Waals surface area contributed by atoms with E-state index in [1.54, 1.807) is 7.11 Å². The number of nitrogens with one attached hydrogen (secondary N) is 2. The highest BCUT2D eigenvalue weighted by atomic mass is 79.9. The van der Waals surface area contributed by atoms with Gasteiger partial charge in [0, 0.05) is 16.7 Å². The number of thiocarbonyl (C=S) groups is 1. The Bertz CT molecular complexity index is 644. The second-order valence-corrected chi connectivity index (χ2v) is 6.21. The van der Waals surface area contributed by atoms with Crippen molar-refractivity contribution < 1.29 is 4.74 Å². The molecule has 0 aliphatic heterocycles. The summed E-state index contributed by atoms with van der Waals surface area (Å²) < 4.78 is 6.24. The summed E-state index contributed by atoms with van der Waals surface area (Å²) in [6, 6.07) is 14.1. The van der Waals surface area contributed by atoms with E-state index in [2.05, 4.69) is 51.7 Å². The first kappa shape index (κ1) is 16.8. The average molecular weight is 379 g/mol. The molecular weight excluding hydrogens is 360 g/mol. The summed E-state index contributed by atoms with van der Waals surface area (Å²) in [5.74, 6) is 0.875. The van der Waals surface area contributed by atoms with Gasteiger partial charge in [0.1, 0.15) is 5.75 Å². The van der Waals surface area contributed by atoms with Gasteiger partial charge in [-0.15, -0.1) is 0 Å². The summed E-state index contributed by atoms with van der Waals surface area (Å²) in [7, 11) is 1.67. The molecule has 22 heavy (non-hydrogen) atoms. The largest absolute Gasteiger partial charge is 0.497 e. The third-order valence-electron chi connectivity index (χ3n) is 3.27. The first-order valence-electron chi connectivity index (χ1n) is 7.02. The van der Waals surface area contributed by atoms with Gasteiger partial charge >= 0.3 is 0 Å². The zero-order valence-corrected chi connectivity index (χ0v) is 15.1. The Kier molecular flexibility index (Phi) is 6.21. The van der Waals surface area contributed by atoms with E-state index >= 15 is 0 Å². The van der Waals surface area contributed by atoms with Crippen LogP contribution >= 0.6 is 28.1 Å². The fourth-order valence-electron chi connectivity index (χ4n) is 2.01. The summed E-state index contributed by atoms with van der Waals surface area (Å²) in [4.78, 5) is 0. The van der Waals surface area contributed by atoms with Crippen molar-refractivity contribution >= 4 is 38.9 Å². The van der Waals surface area contributed by atoms with E-state index in [9.17, 15) is 0 Å². The molecule has 2 aromatic carbocycles. The van der Waals surface area contributed by atoms with Crippen molar-refractivity contribution in [3.05, 3.63) is 58.1 Å². The van der Waals surface area contributed by atoms with E-state index < -0.39 is 0 Å². The fourth-order valence-corrected chi connectivity index (χ4v) is 2.48. The Labute approximate surface area is 145 Å². The molecule has 3 nitrogen and oxygen atoms in total. The highest BCUT2D eigenvalue weighted by Crippen LogP contribution is 2.19. The van der Waals surface area contributed by atoms with Crippen molar-refractivity contribution in [2.45, 2.75) is 13.3 Å². The number of halogens is 1. The molecule has 0 radical (unpaired) electrons. The van der Waals surface area contributed by atoms with Crippen LogP contribution in [0.25, 0.3) is 0 Å². The predicted molar refractivity (Wildman–Crippen MR) is 99.8 cm³/mol. The van der Waals surface area contributed by atoms with Gasteiger partial charge in [-0.25, -0.2) is 0 Å². The van der Waals surface area contributed by atoms with Gasteiger partial charge in [0.05, 0.1) is 7.11 Å². The molecule has 0 heterocycles. The second-order valence-electron chi connectivity index (χ2n) is 4.94. The van der Waals surface area contributed by atoms with Crippen LogP contribution in [-0.2, 0) is 6.42 Å². The molecule has 0 saturated heterocycles. The van der Waals surface area contributed by atoms with Crippen LogP contribution in [0.2, 0.25) is 0 Å². The summed E-state index contributed by atoms with van der Waals surface area (Å²) in [6.07, 6.45) is 0.908. The molecule has 0 fully saturated rings. The van der Waals surface area contributed by atoms with Crippen LogP contribution in [0.15, 0.2) is 46.9 Å². The average Bonchev–Trinajstić information content (AvgIpc) is 2.51. The van der Waals surface area contributed by atoms with Crippen molar-refractivity contribution in [1.29, 1.82) is 0 Å². The van der Waals surface area contributed by atoms with Gasteiger partial charge in [-0.2, -0.15) is 0 Å². The molecule has 2 rings (SSSR count). The minimum absolute atomic E-state index is 0.634. The summed E-state index contributed by atoms with van der Waals surface area (Å²) >= 11 is 8.80. The molecule has 2 N–H and O–H groups in total. The van der Waals surface area contributed by atoms with Crippen molar-refractivity contribution in [1.82, 2.24) is 5.32 Å². The lowest BCUT2D eigenvalue weighted by molar-refractivity contribution is 0.414. The van der Waals surface area contributed by atoms with E-state index in [0.29, 0.717) is 5.11 Å². The first-order valence-corrected chi connectivity index (χ1v) is 8.22. The monoisotopic (exact) mass is 378 g/mol. The van der Waals surface area contributed by atoms with Crippen molar-refractivity contribution in [2.75, 3.05) is 19.0 Å². The normalized spacial score (nSPS) is 10.1. The molecule has 0 aromatic heterocycles. The third kappa shape index (κ3) is 5.00. The van der Waals surface area contributed by atoms with Crippen LogP contribution in [0.3, 0.4) is 0 Å². The van der Waals surface area contributed by atoms with Crippen LogP contribution in [-0.4, -0.2) is 18.8 Å². The van der Waals surface area contributed by atoms with Gasteiger partial charge in [0.2, 0.25) is 0 Å². The van der Waals surface area contributed by atoms with Crippen LogP contribution in [0, 0.1) is 6.92 Å². The number of hydrogen-bond acceptors (Lipinski definition) is 2. The molecule has 0 atom stereocenters. The van der Waals surface area contributed by atoms with E-state index in [4.69, 9.17) is 17.0 Å². The Morgan fingerprint density at radius 1 is 1.18 bits per heavy atom. The van der Waals surface area contributed by atoms with Crippen molar-refractivity contribution in [3.8, 4) is 5.75 Å². The molecule has 0 saturated carbocycles. The number of hydrogen-bond donors (Lipinski definition) is 2. The maximum absolute atomic E-state index is 5.31. The topological polar surface area (TPSA) is 33.3 Å². The number of ether oxygens (including phenoxy) is 1. The lowest BCUT2D eigenvalue weighted by Gasteiger charge is -2.11. The van der Waals surface area contributed by atoms with E-state index in [1.807, 2.05) is 24.3 Å². The molecule has 0 amide bonds. The van der Waals surface area contributed by atoms with Crippen LogP contribution in [0.4, 0.5) is 5.69 Å². The zero-order valence-electron chi connectivity index (χ0n) is 12.7. The Morgan fingerprint density at radius 2 is 1.91 bits per heavy atom. The summed E-state index contributed by atoms with van der Waals surface area (Å²) in [5, 5.41) is 7.05. The highest BCUT2D eigenvalue weighted by molar-refractivity contribution is 9.10. The molecule has 0 aliphatic rings. The molecule has 0 unspecified atom stereocenters. The van der Waals surface area contributed by atoms with Gasteiger partial charge in [0.15, 0.2) is 5.11 Å². The van der Waals surface area contributed by atoms with Gasteiger partial charge in [0.25, 0.3) is 0 Å². The maximum atomic E-state index is 5.31. The van der Waals surface area contributed by atoms with Crippen LogP contribution < -0.4 is 15.4 Å². The lowest BCUT2D eigenvalue weighted by Crippen LogP contribution is -2.30. The van der Waals surface area contributed by atoms with Gasteiger partial charge < -0.3 is 15.4 Å². The van der Waals surface area contributed by atoms with E-state index in [0.717, 1.165) is 28.9 Å². The lowest BCUT2D eigenvalue weighted by atomic mass is 10.1. The number of rotatable bonds is 5. The predicted octanol–water partition coefficient (Wildman–Crippen LogP) is 4.30. The number of methoxy groups -OCH3 is 1. The van der Waals surface area contributed by atoms with E-state index in [-0.39, 0.29) is 0 Å². The minimum atomic E-state index is 0.634. The molecule has 116 valence electrons. The van der Waals surface area contributed by atoms with Crippen molar-refractivity contribution in [3.63, 3.8) is 0 Å². The molecule has 0 spiro atoms. The van der Waals surface area contributed by atoms with Gasteiger partial charge in [-0.05, 0) is 67.0 Å². The molecule has 0 aliphatic carbocycles. The third-order valence-corrected chi connectivity index (χ3v) is 4.41. The molecule has 0 bridgehead atoms. The Morgan fingerprint density at radius 3 is 2.55 bits per heavy atom. The molecule has 5 heteroatoms.